The summed E-state index contributed by atoms with van der Waals surface area (Å²) in [6.07, 6.45) is 1.59. The molecular formula is C14H20N2O4S. The van der Waals surface area contributed by atoms with Crippen LogP contribution < -0.4 is 4.72 Å². The maximum Gasteiger partial charge on any atom is 0.326 e. The third-order valence-corrected chi connectivity index (χ3v) is 5.31. The quantitative estimate of drug-likeness (QED) is 0.860. The molecular weight excluding hydrogens is 292 g/mol. The highest BCUT2D eigenvalue weighted by molar-refractivity contribution is 7.87. The molecule has 21 heavy (non-hydrogen) atoms. The zero-order valence-corrected chi connectivity index (χ0v) is 12.7. The van der Waals surface area contributed by atoms with Crippen LogP contribution in [0.2, 0.25) is 0 Å². The number of hydrogen-bond donors (Lipinski definition) is 2. The van der Waals surface area contributed by atoms with Gasteiger partial charge in [-0.1, -0.05) is 37.3 Å². The molecule has 1 heterocycles. The Balaban J connectivity index is 2.15. The minimum Gasteiger partial charge on any atom is -0.480 e. The summed E-state index contributed by atoms with van der Waals surface area (Å²) in [4.78, 5) is 11.4. The van der Waals surface area contributed by atoms with Gasteiger partial charge in [0.05, 0.1) is 0 Å². The molecule has 0 aliphatic carbocycles. The van der Waals surface area contributed by atoms with Crippen LogP contribution in [0.5, 0.6) is 0 Å². The fraction of sp³-hybridized carbons (Fsp3) is 0.500. The van der Waals surface area contributed by atoms with Gasteiger partial charge in [0.15, 0.2) is 0 Å². The average Bonchev–Trinajstić information content (AvgIpc) is 2.46. The van der Waals surface area contributed by atoms with Gasteiger partial charge >= 0.3 is 5.97 Å². The number of carboxylic acids is 1. The summed E-state index contributed by atoms with van der Waals surface area (Å²) in [6.45, 7) is 2.94. The van der Waals surface area contributed by atoms with E-state index >= 15 is 0 Å². The molecule has 1 aliphatic heterocycles. The topological polar surface area (TPSA) is 86.7 Å². The minimum atomic E-state index is -3.80. The standard InChI is InChI=1S/C14H20N2O4S/c1-11-7-9-16(10-8-11)21(19,20)15-13(14(17)18)12-5-3-2-4-6-12/h2-6,11,13,15H,7-10H2,1H3,(H,17,18)/t13-/m1/s1. The molecule has 1 aromatic rings. The van der Waals surface area contributed by atoms with Crippen LogP contribution >= 0.6 is 0 Å². The average molecular weight is 312 g/mol. The van der Waals surface area contributed by atoms with Crippen LogP contribution in [0.4, 0.5) is 0 Å². The van der Waals surface area contributed by atoms with Crippen molar-refractivity contribution < 1.29 is 18.3 Å². The van der Waals surface area contributed by atoms with E-state index in [-0.39, 0.29) is 0 Å². The van der Waals surface area contributed by atoms with Crippen molar-refractivity contribution in [1.82, 2.24) is 9.03 Å². The van der Waals surface area contributed by atoms with Gasteiger partial charge in [0.25, 0.3) is 10.2 Å². The fourth-order valence-electron chi connectivity index (χ4n) is 2.36. The number of nitrogens with zero attached hydrogens (tertiary/aromatic N) is 1. The Labute approximate surface area is 125 Å². The third kappa shape index (κ3) is 4.03. The van der Waals surface area contributed by atoms with Gasteiger partial charge in [0.2, 0.25) is 0 Å². The van der Waals surface area contributed by atoms with E-state index in [4.69, 9.17) is 0 Å². The Morgan fingerprint density at radius 2 is 1.86 bits per heavy atom. The maximum atomic E-state index is 12.3. The van der Waals surface area contributed by atoms with Crippen molar-refractivity contribution in [3.63, 3.8) is 0 Å². The molecule has 2 rings (SSSR count). The minimum absolute atomic E-state index is 0.416. The van der Waals surface area contributed by atoms with Crippen LogP contribution in [-0.4, -0.2) is 36.9 Å². The van der Waals surface area contributed by atoms with Crippen LogP contribution in [-0.2, 0) is 15.0 Å². The van der Waals surface area contributed by atoms with Crippen LogP contribution in [0.25, 0.3) is 0 Å². The van der Waals surface area contributed by atoms with E-state index in [0.29, 0.717) is 24.6 Å². The molecule has 1 atom stereocenters. The van der Waals surface area contributed by atoms with Crippen molar-refractivity contribution in [2.24, 2.45) is 5.92 Å². The highest BCUT2D eigenvalue weighted by Crippen LogP contribution is 2.20. The largest absolute Gasteiger partial charge is 0.480 e. The summed E-state index contributed by atoms with van der Waals surface area (Å²) in [5, 5.41) is 9.28. The first-order valence-corrected chi connectivity index (χ1v) is 8.39. The fourth-order valence-corrected chi connectivity index (χ4v) is 3.73. The zero-order chi connectivity index (χ0) is 15.5. The van der Waals surface area contributed by atoms with Gasteiger partial charge in [0, 0.05) is 13.1 Å². The molecule has 0 radical (unpaired) electrons. The molecule has 1 fully saturated rings. The van der Waals surface area contributed by atoms with Crippen molar-refractivity contribution in [1.29, 1.82) is 0 Å². The van der Waals surface area contributed by atoms with Gasteiger partial charge in [-0.25, -0.2) is 0 Å². The number of rotatable bonds is 5. The van der Waals surface area contributed by atoms with Crippen LogP contribution in [0.15, 0.2) is 30.3 Å². The van der Waals surface area contributed by atoms with Crippen LogP contribution in [0.3, 0.4) is 0 Å². The second kappa shape index (κ2) is 6.55. The number of hydrogen-bond acceptors (Lipinski definition) is 3. The Kier molecular flexibility index (Phi) is 4.97. The highest BCUT2D eigenvalue weighted by atomic mass is 32.2. The van der Waals surface area contributed by atoms with Gasteiger partial charge < -0.3 is 5.11 Å². The van der Waals surface area contributed by atoms with E-state index in [2.05, 4.69) is 11.6 Å². The number of benzene rings is 1. The third-order valence-electron chi connectivity index (χ3n) is 3.73. The normalized spacial score (nSPS) is 19.3. The van der Waals surface area contributed by atoms with E-state index in [9.17, 15) is 18.3 Å². The smallest absolute Gasteiger partial charge is 0.326 e. The summed E-state index contributed by atoms with van der Waals surface area (Å²) in [6, 6.07) is 7.04. The molecule has 7 heteroatoms. The first kappa shape index (κ1) is 15.9. The summed E-state index contributed by atoms with van der Waals surface area (Å²) in [5.41, 5.74) is 0.416. The van der Waals surface area contributed by atoms with Crippen molar-refractivity contribution in [2.75, 3.05) is 13.1 Å². The van der Waals surface area contributed by atoms with Gasteiger partial charge in [-0.3, -0.25) is 4.79 Å². The van der Waals surface area contributed by atoms with Crippen LogP contribution in [0, 0.1) is 5.92 Å². The summed E-state index contributed by atoms with van der Waals surface area (Å²) < 4.78 is 28.3. The van der Waals surface area contributed by atoms with E-state index < -0.39 is 22.2 Å². The molecule has 2 N–H and O–H groups in total. The molecule has 0 aromatic heterocycles. The first-order chi connectivity index (χ1) is 9.90. The van der Waals surface area contributed by atoms with E-state index in [1.807, 2.05) is 0 Å². The van der Waals surface area contributed by atoms with Gasteiger partial charge in [-0.05, 0) is 24.3 Å². The Morgan fingerprint density at radius 1 is 1.29 bits per heavy atom. The lowest BCUT2D eigenvalue weighted by Gasteiger charge is -2.30. The van der Waals surface area contributed by atoms with E-state index in [1.165, 1.54) is 4.31 Å². The van der Waals surface area contributed by atoms with Gasteiger partial charge in [-0.15, -0.1) is 0 Å². The highest BCUT2D eigenvalue weighted by Gasteiger charge is 2.31. The zero-order valence-electron chi connectivity index (χ0n) is 11.9. The number of carbonyl (C=O) groups is 1. The summed E-state index contributed by atoms with van der Waals surface area (Å²) >= 11 is 0. The van der Waals surface area contributed by atoms with Gasteiger partial charge in [0.1, 0.15) is 6.04 Å². The second-order valence-electron chi connectivity index (χ2n) is 5.39. The summed E-state index contributed by atoms with van der Waals surface area (Å²) in [5.74, 6) is -0.712. The van der Waals surface area contributed by atoms with Crippen molar-refractivity contribution >= 4 is 16.2 Å². The number of carboxylic acid groups (broad SMARTS) is 1. The number of nitrogens with one attached hydrogen (secondary N) is 1. The Hall–Kier alpha value is -1.44. The summed E-state index contributed by atoms with van der Waals surface area (Å²) in [7, 11) is -3.80. The molecule has 116 valence electrons. The van der Waals surface area contributed by atoms with Gasteiger partial charge in [-0.2, -0.15) is 17.4 Å². The maximum absolute atomic E-state index is 12.3. The van der Waals surface area contributed by atoms with E-state index in [0.717, 1.165) is 12.8 Å². The van der Waals surface area contributed by atoms with Crippen molar-refractivity contribution in [3.05, 3.63) is 35.9 Å². The lowest BCUT2D eigenvalue weighted by Crippen LogP contribution is -2.47. The molecule has 1 aromatic carbocycles. The van der Waals surface area contributed by atoms with Crippen LogP contribution in [0.1, 0.15) is 31.4 Å². The Bertz CT molecular complexity index is 580. The monoisotopic (exact) mass is 312 g/mol. The number of piperidine rings is 1. The predicted molar refractivity (Wildman–Crippen MR) is 78.8 cm³/mol. The predicted octanol–water partition coefficient (Wildman–Crippen LogP) is 1.38. The molecule has 0 bridgehead atoms. The molecule has 0 amide bonds. The molecule has 1 aliphatic rings. The van der Waals surface area contributed by atoms with E-state index in [1.54, 1.807) is 30.3 Å². The van der Waals surface area contributed by atoms with Crippen molar-refractivity contribution in [3.8, 4) is 0 Å². The molecule has 1 saturated heterocycles. The molecule has 6 nitrogen and oxygen atoms in total. The first-order valence-electron chi connectivity index (χ1n) is 6.95. The molecule has 0 saturated carbocycles. The van der Waals surface area contributed by atoms with Crippen molar-refractivity contribution in [2.45, 2.75) is 25.8 Å². The number of aliphatic carboxylic acids is 1. The SMILES string of the molecule is CC1CCN(S(=O)(=O)N[C@@H](C(=O)O)c2ccccc2)CC1. The Morgan fingerprint density at radius 3 is 2.38 bits per heavy atom. The molecule has 0 spiro atoms. The molecule has 0 unspecified atom stereocenters. The second-order valence-corrected chi connectivity index (χ2v) is 7.09. The lowest BCUT2D eigenvalue weighted by atomic mass is 10.0. The lowest BCUT2D eigenvalue weighted by molar-refractivity contribution is -0.139.